The molecule has 0 radical (unpaired) electrons. The Kier molecular flexibility index (Phi) is 5.45. The Morgan fingerprint density at radius 3 is 2.74 bits per heavy atom. The molecule has 2 rings (SSSR count). The number of amides is 1. The molecule has 0 saturated heterocycles. The topological polar surface area (TPSA) is 42.2 Å². The molecule has 19 heavy (non-hydrogen) atoms. The third kappa shape index (κ3) is 4.10. The molecule has 0 unspecified atom stereocenters. The van der Waals surface area contributed by atoms with Crippen LogP contribution in [0.2, 0.25) is 0 Å². The molecule has 102 valence electrons. The summed E-state index contributed by atoms with van der Waals surface area (Å²) >= 11 is 3.41. The molecule has 1 aromatic carbocycles. The zero-order valence-electron chi connectivity index (χ0n) is 10.8. The fourth-order valence-corrected chi connectivity index (χ4v) is 2.35. The highest BCUT2D eigenvalue weighted by molar-refractivity contribution is 9.09. The third-order valence-corrected chi connectivity index (χ3v) is 3.56. The Labute approximate surface area is 121 Å². The largest absolute Gasteiger partial charge is 0.451 e. The molecule has 0 aliphatic heterocycles. The number of unbranched alkanes of at least 4 members (excludes halogenated alkanes) is 3. The molecule has 1 N–H and O–H groups in total. The first kappa shape index (κ1) is 14.1. The fraction of sp³-hybridized carbons (Fsp3) is 0.400. The highest BCUT2D eigenvalue weighted by Crippen LogP contribution is 2.18. The van der Waals surface area contributed by atoms with Gasteiger partial charge in [-0.1, -0.05) is 47.0 Å². The minimum absolute atomic E-state index is 0.128. The number of carbonyl (C=O) groups excluding carboxylic acids is 1. The first-order valence-electron chi connectivity index (χ1n) is 6.64. The normalized spacial score (nSPS) is 10.8. The van der Waals surface area contributed by atoms with Gasteiger partial charge in [0.1, 0.15) is 5.58 Å². The van der Waals surface area contributed by atoms with E-state index in [-0.39, 0.29) is 5.91 Å². The van der Waals surface area contributed by atoms with Crippen molar-refractivity contribution in [3.8, 4) is 0 Å². The Balaban J connectivity index is 1.79. The molecule has 0 spiro atoms. The Morgan fingerprint density at radius 2 is 1.95 bits per heavy atom. The standard InChI is InChI=1S/C15H18BrNO2/c16-9-5-1-2-6-10-17-15(18)14-11-12-7-3-4-8-13(12)19-14/h3-4,7-8,11H,1-2,5-6,9-10H2,(H,17,18). The maximum Gasteiger partial charge on any atom is 0.287 e. The van der Waals surface area contributed by atoms with Crippen molar-refractivity contribution in [2.45, 2.75) is 25.7 Å². The minimum Gasteiger partial charge on any atom is -0.451 e. The molecule has 4 heteroatoms. The lowest BCUT2D eigenvalue weighted by Crippen LogP contribution is -2.23. The van der Waals surface area contributed by atoms with Crippen LogP contribution in [-0.2, 0) is 0 Å². The van der Waals surface area contributed by atoms with E-state index in [2.05, 4.69) is 21.2 Å². The van der Waals surface area contributed by atoms with E-state index in [1.807, 2.05) is 24.3 Å². The number of alkyl halides is 1. The first-order chi connectivity index (χ1) is 9.31. The molecule has 0 bridgehead atoms. The van der Waals surface area contributed by atoms with E-state index < -0.39 is 0 Å². The zero-order valence-corrected chi connectivity index (χ0v) is 12.4. The van der Waals surface area contributed by atoms with Gasteiger partial charge in [-0.2, -0.15) is 0 Å². The molecule has 0 saturated carbocycles. The maximum absolute atomic E-state index is 11.9. The van der Waals surface area contributed by atoms with E-state index in [4.69, 9.17) is 4.42 Å². The van der Waals surface area contributed by atoms with Crippen molar-refractivity contribution in [3.63, 3.8) is 0 Å². The Morgan fingerprint density at radius 1 is 1.16 bits per heavy atom. The first-order valence-corrected chi connectivity index (χ1v) is 7.76. The molecule has 3 nitrogen and oxygen atoms in total. The highest BCUT2D eigenvalue weighted by Gasteiger charge is 2.10. The van der Waals surface area contributed by atoms with Gasteiger partial charge in [-0.15, -0.1) is 0 Å². The molecule has 1 amide bonds. The molecular formula is C15H18BrNO2. The minimum atomic E-state index is -0.128. The second kappa shape index (κ2) is 7.34. The second-order valence-corrected chi connectivity index (χ2v) is 5.30. The van der Waals surface area contributed by atoms with Crippen LogP contribution in [0.1, 0.15) is 36.2 Å². The van der Waals surface area contributed by atoms with E-state index in [0.717, 1.165) is 29.1 Å². The molecular weight excluding hydrogens is 306 g/mol. The quantitative estimate of drug-likeness (QED) is 0.615. The summed E-state index contributed by atoms with van der Waals surface area (Å²) in [5.41, 5.74) is 0.755. The van der Waals surface area contributed by atoms with Crippen molar-refractivity contribution in [1.82, 2.24) is 5.32 Å². The van der Waals surface area contributed by atoms with Gasteiger partial charge in [-0.05, 0) is 25.0 Å². The van der Waals surface area contributed by atoms with Crippen molar-refractivity contribution in [3.05, 3.63) is 36.1 Å². The van der Waals surface area contributed by atoms with Crippen LogP contribution in [0.25, 0.3) is 11.0 Å². The van der Waals surface area contributed by atoms with Gasteiger partial charge in [0.25, 0.3) is 5.91 Å². The van der Waals surface area contributed by atoms with Gasteiger partial charge in [0.15, 0.2) is 5.76 Å². The number of para-hydroxylation sites is 1. The summed E-state index contributed by atoms with van der Waals surface area (Å²) in [4.78, 5) is 11.9. The predicted molar refractivity (Wildman–Crippen MR) is 80.8 cm³/mol. The Bertz CT molecular complexity index is 503. The third-order valence-electron chi connectivity index (χ3n) is 3.00. The number of benzene rings is 1. The summed E-state index contributed by atoms with van der Waals surface area (Å²) in [7, 11) is 0. The fourth-order valence-electron chi connectivity index (χ4n) is 1.96. The summed E-state index contributed by atoms with van der Waals surface area (Å²) in [6.07, 6.45) is 4.55. The van der Waals surface area contributed by atoms with Crippen molar-refractivity contribution >= 4 is 32.8 Å². The van der Waals surface area contributed by atoms with Crippen LogP contribution in [0, 0.1) is 0 Å². The van der Waals surface area contributed by atoms with E-state index >= 15 is 0 Å². The molecule has 0 aliphatic rings. The van der Waals surface area contributed by atoms with Crippen LogP contribution in [0.4, 0.5) is 0 Å². The van der Waals surface area contributed by atoms with Gasteiger partial charge in [0.2, 0.25) is 0 Å². The lowest BCUT2D eigenvalue weighted by Gasteiger charge is -2.02. The molecule has 0 atom stereocenters. The summed E-state index contributed by atoms with van der Waals surface area (Å²) < 4.78 is 5.51. The zero-order chi connectivity index (χ0) is 13.5. The number of furan rings is 1. The van der Waals surface area contributed by atoms with Crippen molar-refractivity contribution in [1.29, 1.82) is 0 Å². The van der Waals surface area contributed by atoms with Crippen LogP contribution < -0.4 is 5.32 Å². The SMILES string of the molecule is O=C(NCCCCCCBr)c1cc2ccccc2o1. The van der Waals surface area contributed by atoms with E-state index in [0.29, 0.717) is 12.3 Å². The second-order valence-electron chi connectivity index (χ2n) is 4.51. The number of nitrogens with one attached hydrogen (secondary N) is 1. The van der Waals surface area contributed by atoms with Crippen LogP contribution in [0.15, 0.2) is 34.7 Å². The van der Waals surface area contributed by atoms with Crippen LogP contribution in [-0.4, -0.2) is 17.8 Å². The monoisotopic (exact) mass is 323 g/mol. The van der Waals surface area contributed by atoms with Gasteiger partial charge >= 0.3 is 0 Å². The summed E-state index contributed by atoms with van der Waals surface area (Å²) in [5, 5.41) is 4.91. The molecule has 1 aromatic heterocycles. The van der Waals surface area contributed by atoms with Crippen molar-refractivity contribution in [2.75, 3.05) is 11.9 Å². The van der Waals surface area contributed by atoms with Gasteiger partial charge in [-0.3, -0.25) is 4.79 Å². The number of rotatable bonds is 7. The number of halogens is 1. The van der Waals surface area contributed by atoms with Gasteiger partial charge < -0.3 is 9.73 Å². The average Bonchev–Trinajstić information content (AvgIpc) is 2.86. The van der Waals surface area contributed by atoms with E-state index in [1.54, 1.807) is 6.07 Å². The van der Waals surface area contributed by atoms with E-state index in [9.17, 15) is 4.79 Å². The van der Waals surface area contributed by atoms with Gasteiger partial charge in [-0.25, -0.2) is 0 Å². The average molecular weight is 324 g/mol. The van der Waals surface area contributed by atoms with Crippen LogP contribution in [0.3, 0.4) is 0 Å². The lowest BCUT2D eigenvalue weighted by molar-refractivity contribution is 0.0927. The summed E-state index contributed by atoms with van der Waals surface area (Å²) in [6, 6.07) is 9.43. The Hall–Kier alpha value is -1.29. The maximum atomic E-state index is 11.9. The summed E-state index contributed by atoms with van der Waals surface area (Å²) in [6.45, 7) is 0.707. The van der Waals surface area contributed by atoms with E-state index in [1.165, 1.54) is 12.8 Å². The smallest absolute Gasteiger partial charge is 0.287 e. The van der Waals surface area contributed by atoms with Crippen LogP contribution in [0.5, 0.6) is 0 Å². The number of hydrogen-bond donors (Lipinski definition) is 1. The number of fused-ring (bicyclic) bond motifs is 1. The number of carbonyl (C=O) groups is 1. The summed E-state index contributed by atoms with van der Waals surface area (Å²) in [5.74, 6) is 0.262. The van der Waals surface area contributed by atoms with Crippen molar-refractivity contribution < 1.29 is 9.21 Å². The highest BCUT2D eigenvalue weighted by atomic mass is 79.9. The van der Waals surface area contributed by atoms with Crippen molar-refractivity contribution in [2.24, 2.45) is 0 Å². The van der Waals surface area contributed by atoms with Gasteiger partial charge in [0.05, 0.1) is 0 Å². The lowest BCUT2D eigenvalue weighted by atomic mass is 10.2. The molecule has 2 aromatic rings. The van der Waals surface area contributed by atoms with Gasteiger partial charge in [0, 0.05) is 17.3 Å². The molecule has 1 heterocycles. The molecule has 0 aliphatic carbocycles. The molecule has 0 fully saturated rings. The number of hydrogen-bond acceptors (Lipinski definition) is 2. The van der Waals surface area contributed by atoms with Crippen LogP contribution >= 0.6 is 15.9 Å². The predicted octanol–water partition coefficient (Wildman–Crippen LogP) is 4.12.